The van der Waals surface area contributed by atoms with E-state index >= 15 is 0 Å². The van der Waals surface area contributed by atoms with Crippen LogP contribution in [0.1, 0.15) is 19.3 Å². The zero-order chi connectivity index (χ0) is 12.2. The molecule has 0 bridgehead atoms. The molecule has 0 N–H and O–H groups in total. The first-order chi connectivity index (χ1) is 8.90. The average molecular weight is 339 g/mol. The van der Waals surface area contributed by atoms with Crippen LogP contribution in [0.15, 0.2) is 0 Å². The molecule has 18 heavy (non-hydrogen) atoms. The molecule has 5 heteroatoms. The van der Waals surface area contributed by atoms with Gasteiger partial charge in [0.1, 0.15) is 0 Å². The van der Waals surface area contributed by atoms with Gasteiger partial charge in [-0.2, -0.15) is 58.8 Å². The Kier molecular flexibility index (Phi) is 6.26. The molecule has 104 valence electrons. The molecule has 4 atom stereocenters. The molecule has 0 aromatic carbocycles. The summed E-state index contributed by atoms with van der Waals surface area (Å²) in [6.07, 6.45) is 4.45. The summed E-state index contributed by atoms with van der Waals surface area (Å²) in [7, 11) is 0. The Balaban J connectivity index is 1.26. The summed E-state index contributed by atoms with van der Waals surface area (Å²) < 4.78 is 0. The highest BCUT2D eigenvalue weighted by Gasteiger charge is 2.26. The molecule has 0 nitrogen and oxygen atoms in total. The van der Waals surface area contributed by atoms with Gasteiger partial charge in [-0.15, -0.1) is 0 Å². The van der Waals surface area contributed by atoms with E-state index in [1.54, 1.807) is 0 Å². The molecule has 0 amide bonds. The summed E-state index contributed by atoms with van der Waals surface area (Å²) in [4.78, 5) is 0. The molecule has 4 unspecified atom stereocenters. The Bertz CT molecular complexity index is 228. The van der Waals surface area contributed by atoms with Crippen molar-refractivity contribution in [2.45, 2.75) is 40.3 Å². The minimum atomic E-state index is 0.966. The van der Waals surface area contributed by atoms with Crippen LogP contribution in [0.25, 0.3) is 0 Å². The van der Waals surface area contributed by atoms with Crippen molar-refractivity contribution in [3.63, 3.8) is 0 Å². The van der Waals surface area contributed by atoms with Gasteiger partial charge in [-0.3, -0.25) is 0 Å². The lowest BCUT2D eigenvalue weighted by atomic mass is 10.1. The Morgan fingerprint density at radius 3 is 1.61 bits per heavy atom. The van der Waals surface area contributed by atoms with Crippen molar-refractivity contribution in [1.29, 1.82) is 0 Å². The first kappa shape index (κ1) is 14.7. The zero-order valence-electron chi connectivity index (χ0n) is 10.7. The molecule has 0 saturated carbocycles. The van der Waals surface area contributed by atoms with Crippen molar-refractivity contribution in [2.24, 2.45) is 0 Å². The van der Waals surface area contributed by atoms with E-state index in [0.29, 0.717) is 0 Å². The van der Waals surface area contributed by atoms with Crippen molar-refractivity contribution < 1.29 is 0 Å². The van der Waals surface area contributed by atoms with Gasteiger partial charge < -0.3 is 0 Å². The van der Waals surface area contributed by atoms with Gasteiger partial charge in [0.25, 0.3) is 0 Å². The first-order valence-corrected chi connectivity index (χ1v) is 12.3. The molecular weight excluding hydrogens is 316 g/mol. The topological polar surface area (TPSA) is 0 Å². The second-order valence-electron chi connectivity index (χ2n) is 5.30. The highest BCUT2D eigenvalue weighted by Crippen LogP contribution is 2.39. The molecule has 3 fully saturated rings. The van der Waals surface area contributed by atoms with Crippen LogP contribution in [-0.4, -0.2) is 55.5 Å². The molecule has 3 saturated heterocycles. The van der Waals surface area contributed by atoms with Crippen molar-refractivity contribution in [3.8, 4) is 0 Å². The third-order valence-corrected chi connectivity index (χ3v) is 10.4. The quantitative estimate of drug-likeness (QED) is 0.602. The van der Waals surface area contributed by atoms with Crippen LogP contribution in [0, 0.1) is 0 Å². The molecule has 0 aliphatic carbocycles. The Hall–Kier alpha value is 1.75. The molecule has 3 aliphatic rings. The lowest BCUT2D eigenvalue weighted by Gasteiger charge is -2.28. The third-order valence-electron chi connectivity index (χ3n) is 3.46. The summed E-state index contributed by atoms with van der Waals surface area (Å²) in [5.74, 6) is 8.54. The summed E-state index contributed by atoms with van der Waals surface area (Å²) in [5, 5.41) is 3.97. The van der Waals surface area contributed by atoms with E-state index in [-0.39, 0.29) is 0 Å². The van der Waals surface area contributed by atoms with E-state index in [9.17, 15) is 0 Å². The average Bonchev–Trinajstić information content (AvgIpc) is 3.25. The molecule has 0 aromatic rings. The van der Waals surface area contributed by atoms with E-state index < -0.39 is 0 Å². The maximum atomic E-state index is 2.32. The van der Waals surface area contributed by atoms with Crippen LogP contribution in [0.3, 0.4) is 0 Å². The Morgan fingerprint density at radius 1 is 0.722 bits per heavy atom. The monoisotopic (exact) mass is 338 g/mol. The third kappa shape index (κ3) is 5.63. The van der Waals surface area contributed by atoms with Gasteiger partial charge >= 0.3 is 0 Å². The zero-order valence-corrected chi connectivity index (χ0v) is 14.8. The van der Waals surface area contributed by atoms with E-state index in [4.69, 9.17) is 0 Å². The maximum absolute atomic E-state index is 2.32. The SMILES string of the molecule is C1CC(CSCC2CS2)SC(CSCC2CS2)C1. The maximum Gasteiger partial charge on any atom is 0.0229 e. The van der Waals surface area contributed by atoms with Crippen molar-refractivity contribution in [1.82, 2.24) is 0 Å². The van der Waals surface area contributed by atoms with Crippen molar-refractivity contribution >= 4 is 58.8 Å². The van der Waals surface area contributed by atoms with Crippen LogP contribution < -0.4 is 0 Å². The Labute approximate surface area is 133 Å². The second-order valence-corrected chi connectivity index (χ2v) is 11.7. The highest BCUT2D eigenvalue weighted by molar-refractivity contribution is 8.09. The number of hydrogen-bond acceptors (Lipinski definition) is 5. The highest BCUT2D eigenvalue weighted by atomic mass is 32.2. The predicted molar refractivity (Wildman–Crippen MR) is 96.2 cm³/mol. The largest absolute Gasteiger partial charge is 0.160 e. The van der Waals surface area contributed by atoms with E-state index in [2.05, 4.69) is 58.8 Å². The van der Waals surface area contributed by atoms with Gasteiger partial charge in [-0.25, -0.2) is 0 Å². The fourth-order valence-corrected chi connectivity index (χ4v) is 8.62. The van der Waals surface area contributed by atoms with Gasteiger partial charge in [0.15, 0.2) is 0 Å². The number of thioether (sulfide) groups is 5. The van der Waals surface area contributed by atoms with Crippen molar-refractivity contribution in [3.05, 3.63) is 0 Å². The lowest BCUT2D eigenvalue weighted by molar-refractivity contribution is 0.647. The van der Waals surface area contributed by atoms with E-state index in [1.165, 1.54) is 53.8 Å². The van der Waals surface area contributed by atoms with Crippen molar-refractivity contribution in [2.75, 3.05) is 34.5 Å². The second kappa shape index (κ2) is 7.67. The minimum absolute atomic E-state index is 0.966. The molecule has 0 aromatic heterocycles. The predicted octanol–water partition coefficient (Wildman–Crippen LogP) is 4.34. The number of rotatable bonds is 8. The van der Waals surface area contributed by atoms with E-state index in [1.807, 2.05) is 0 Å². The van der Waals surface area contributed by atoms with Gasteiger partial charge in [0.2, 0.25) is 0 Å². The molecule has 3 aliphatic heterocycles. The van der Waals surface area contributed by atoms with Crippen LogP contribution in [0.5, 0.6) is 0 Å². The summed E-state index contributed by atoms with van der Waals surface area (Å²) >= 11 is 11.0. The van der Waals surface area contributed by atoms with Crippen LogP contribution in [-0.2, 0) is 0 Å². The van der Waals surface area contributed by atoms with Crippen LogP contribution in [0.2, 0.25) is 0 Å². The normalized spacial score (nSPS) is 38.7. The summed E-state index contributed by atoms with van der Waals surface area (Å²) in [6.45, 7) is 0. The molecule has 3 rings (SSSR count). The molecule has 3 heterocycles. The fourth-order valence-electron chi connectivity index (χ4n) is 2.22. The fraction of sp³-hybridized carbons (Fsp3) is 1.00. The van der Waals surface area contributed by atoms with Gasteiger partial charge in [0.05, 0.1) is 0 Å². The van der Waals surface area contributed by atoms with Gasteiger partial charge in [-0.1, -0.05) is 6.42 Å². The lowest BCUT2D eigenvalue weighted by Crippen LogP contribution is -2.21. The van der Waals surface area contributed by atoms with Gasteiger partial charge in [-0.05, 0) is 12.8 Å². The summed E-state index contributed by atoms with van der Waals surface area (Å²) in [6, 6.07) is 0. The minimum Gasteiger partial charge on any atom is -0.160 e. The summed E-state index contributed by atoms with van der Waals surface area (Å²) in [5.41, 5.74) is 0. The first-order valence-electron chi connectivity index (χ1n) is 6.94. The molecule has 0 spiro atoms. The Morgan fingerprint density at radius 2 is 1.17 bits per heavy atom. The van der Waals surface area contributed by atoms with Gasteiger partial charge in [0, 0.05) is 55.5 Å². The smallest absolute Gasteiger partial charge is 0.0229 e. The van der Waals surface area contributed by atoms with E-state index in [0.717, 1.165) is 21.0 Å². The number of hydrogen-bond donors (Lipinski definition) is 0. The standard InChI is InChI=1S/C13H22S5/c1-2-10(4-14-6-12-8-16-12)18-11(3-1)5-15-7-13-9-17-13/h10-13H,1-9H2. The molecular formula is C13H22S5. The van der Waals surface area contributed by atoms with Crippen LogP contribution in [0.4, 0.5) is 0 Å². The van der Waals surface area contributed by atoms with Crippen LogP contribution >= 0.6 is 58.8 Å². The molecule has 0 radical (unpaired) electrons.